The highest BCUT2D eigenvalue weighted by Crippen LogP contribution is 2.24. The molecule has 2 amide bonds. The lowest BCUT2D eigenvalue weighted by atomic mass is 10.1. The number of nitrogens with zero attached hydrogens (tertiary/aromatic N) is 3. The maximum absolute atomic E-state index is 12.9. The van der Waals surface area contributed by atoms with Gasteiger partial charge < -0.3 is 10.2 Å². The number of likely N-dealkylation sites (tertiary alicyclic amines) is 1. The first kappa shape index (κ1) is 18.6. The van der Waals surface area contributed by atoms with Gasteiger partial charge in [-0.25, -0.2) is 0 Å². The third-order valence-corrected chi connectivity index (χ3v) is 5.02. The van der Waals surface area contributed by atoms with Gasteiger partial charge >= 0.3 is 0 Å². The molecule has 0 bridgehead atoms. The second kappa shape index (κ2) is 7.70. The molecule has 1 aromatic heterocycles. The van der Waals surface area contributed by atoms with E-state index in [9.17, 15) is 19.7 Å². The molecule has 1 saturated heterocycles. The van der Waals surface area contributed by atoms with E-state index in [1.807, 2.05) is 0 Å². The van der Waals surface area contributed by atoms with Gasteiger partial charge in [0.05, 0.1) is 21.7 Å². The van der Waals surface area contributed by atoms with Crippen LogP contribution in [0.5, 0.6) is 0 Å². The second-order valence-corrected chi connectivity index (χ2v) is 6.91. The van der Waals surface area contributed by atoms with E-state index in [1.165, 1.54) is 18.2 Å². The number of rotatable bonds is 4. The molecule has 0 atom stereocenters. The summed E-state index contributed by atoms with van der Waals surface area (Å²) in [6, 6.07) is 11.0. The lowest BCUT2D eigenvalue weighted by Crippen LogP contribution is -2.36. The average molecular weight is 393 g/mol. The number of non-ortho nitro benzene ring substituents is 1. The standard InChI is InChI=1S/C20H19N5O4/c26-19(18-15-12-13(25(28)29)8-9-17(15)22-23-18)21-16-7-3-2-6-14(16)20(27)24-10-4-1-5-11-24/h2-3,6-9,12H,1,4-5,10-11H2,(H,21,26)(H,22,23). The first-order valence-electron chi connectivity index (χ1n) is 9.37. The first-order valence-corrected chi connectivity index (χ1v) is 9.37. The molecule has 2 aromatic carbocycles. The van der Waals surface area contributed by atoms with Crippen LogP contribution in [0, 0.1) is 10.1 Å². The fourth-order valence-electron chi connectivity index (χ4n) is 3.52. The molecule has 0 aliphatic carbocycles. The van der Waals surface area contributed by atoms with Crippen molar-refractivity contribution in [2.24, 2.45) is 0 Å². The molecule has 0 unspecified atom stereocenters. The van der Waals surface area contributed by atoms with E-state index in [0.717, 1.165) is 19.3 Å². The van der Waals surface area contributed by atoms with Crippen LogP contribution in [0.15, 0.2) is 42.5 Å². The van der Waals surface area contributed by atoms with Crippen LogP contribution in [0.1, 0.15) is 40.1 Å². The quantitative estimate of drug-likeness (QED) is 0.520. The lowest BCUT2D eigenvalue weighted by Gasteiger charge is -2.27. The highest BCUT2D eigenvalue weighted by molar-refractivity contribution is 6.13. The summed E-state index contributed by atoms with van der Waals surface area (Å²) in [6.07, 6.45) is 3.05. The number of aromatic nitrogens is 2. The summed E-state index contributed by atoms with van der Waals surface area (Å²) in [4.78, 5) is 38.0. The fraction of sp³-hybridized carbons (Fsp3) is 0.250. The molecule has 1 fully saturated rings. The molecule has 3 aromatic rings. The number of hydrogen-bond acceptors (Lipinski definition) is 5. The van der Waals surface area contributed by atoms with Crippen LogP contribution in [0.4, 0.5) is 11.4 Å². The van der Waals surface area contributed by atoms with E-state index in [4.69, 9.17) is 0 Å². The Morgan fingerprint density at radius 3 is 2.62 bits per heavy atom. The van der Waals surface area contributed by atoms with Gasteiger partial charge in [0, 0.05) is 30.6 Å². The largest absolute Gasteiger partial charge is 0.339 e. The van der Waals surface area contributed by atoms with Crippen molar-refractivity contribution in [2.75, 3.05) is 18.4 Å². The van der Waals surface area contributed by atoms with Gasteiger partial charge in [-0.15, -0.1) is 0 Å². The molecule has 9 heteroatoms. The van der Waals surface area contributed by atoms with Crippen LogP contribution in [-0.2, 0) is 0 Å². The monoisotopic (exact) mass is 393 g/mol. The van der Waals surface area contributed by atoms with Crippen molar-refractivity contribution in [1.29, 1.82) is 0 Å². The molecule has 4 rings (SSSR count). The van der Waals surface area contributed by atoms with E-state index in [1.54, 1.807) is 29.2 Å². The number of hydrogen-bond donors (Lipinski definition) is 2. The van der Waals surface area contributed by atoms with Gasteiger partial charge in [-0.1, -0.05) is 12.1 Å². The van der Waals surface area contributed by atoms with E-state index in [-0.39, 0.29) is 17.3 Å². The van der Waals surface area contributed by atoms with E-state index in [0.29, 0.717) is 35.2 Å². The van der Waals surface area contributed by atoms with Crippen molar-refractivity contribution in [3.05, 3.63) is 63.8 Å². The molecule has 9 nitrogen and oxygen atoms in total. The Morgan fingerprint density at radius 1 is 1.10 bits per heavy atom. The molecule has 0 saturated carbocycles. The topological polar surface area (TPSA) is 121 Å². The molecule has 1 aliphatic heterocycles. The van der Waals surface area contributed by atoms with Gasteiger partial charge in [0.2, 0.25) is 0 Å². The molecule has 1 aliphatic rings. The number of aromatic amines is 1. The maximum Gasteiger partial charge on any atom is 0.276 e. The molecule has 2 N–H and O–H groups in total. The lowest BCUT2D eigenvalue weighted by molar-refractivity contribution is -0.384. The third kappa shape index (κ3) is 3.66. The summed E-state index contributed by atoms with van der Waals surface area (Å²) in [7, 11) is 0. The second-order valence-electron chi connectivity index (χ2n) is 6.91. The molecule has 2 heterocycles. The third-order valence-electron chi connectivity index (χ3n) is 5.02. The SMILES string of the molecule is O=C(Nc1ccccc1C(=O)N1CCCCC1)c1n[nH]c2ccc([N+](=O)[O-])cc12. The number of nitrogens with one attached hydrogen (secondary N) is 2. The highest BCUT2D eigenvalue weighted by atomic mass is 16.6. The zero-order chi connectivity index (χ0) is 20.4. The highest BCUT2D eigenvalue weighted by Gasteiger charge is 2.23. The minimum Gasteiger partial charge on any atom is -0.339 e. The Kier molecular flexibility index (Phi) is 4.94. The zero-order valence-electron chi connectivity index (χ0n) is 15.6. The Bertz CT molecular complexity index is 1100. The number of nitro groups is 1. The summed E-state index contributed by atoms with van der Waals surface area (Å²) >= 11 is 0. The van der Waals surface area contributed by atoms with Gasteiger partial charge in [-0.3, -0.25) is 24.8 Å². The number of anilines is 1. The Morgan fingerprint density at radius 2 is 1.86 bits per heavy atom. The van der Waals surface area contributed by atoms with Gasteiger partial charge in [-0.05, 0) is 37.5 Å². The predicted octanol–water partition coefficient (Wildman–Crippen LogP) is 3.35. The van der Waals surface area contributed by atoms with Crippen molar-refractivity contribution in [1.82, 2.24) is 15.1 Å². The number of benzene rings is 2. The van der Waals surface area contributed by atoms with Crippen molar-refractivity contribution < 1.29 is 14.5 Å². The van der Waals surface area contributed by atoms with E-state index >= 15 is 0 Å². The molecule has 0 radical (unpaired) electrons. The van der Waals surface area contributed by atoms with Gasteiger partial charge in [0.25, 0.3) is 17.5 Å². The van der Waals surface area contributed by atoms with Crippen molar-refractivity contribution >= 4 is 34.1 Å². The van der Waals surface area contributed by atoms with Gasteiger partial charge in [-0.2, -0.15) is 5.10 Å². The van der Waals surface area contributed by atoms with Gasteiger partial charge in [0.15, 0.2) is 5.69 Å². The number of nitro benzene ring substituents is 1. The molecule has 0 spiro atoms. The zero-order valence-corrected chi connectivity index (χ0v) is 15.6. The predicted molar refractivity (Wildman–Crippen MR) is 107 cm³/mol. The van der Waals surface area contributed by atoms with E-state index < -0.39 is 10.8 Å². The summed E-state index contributed by atoms with van der Waals surface area (Å²) < 4.78 is 0. The summed E-state index contributed by atoms with van der Waals surface area (Å²) in [5.74, 6) is -0.668. The first-order chi connectivity index (χ1) is 14.0. The summed E-state index contributed by atoms with van der Waals surface area (Å²) in [6.45, 7) is 1.41. The number of para-hydroxylation sites is 1. The molecular formula is C20H19N5O4. The van der Waals surface area contributed by atoms with Crippen LogP contribution in [0.3, 0.4) is 0 Å². The summed E-state index contributed by atoms with van der Waals surface area (Å²) in [5.41, 5.74) is 1.21. The molecule has 29 heavy (non-hydrogen) atoms. The van der Waals surface area contributed by atoms with Crippen LogP contribution in [0.2, 0.25) is 0 Å². The Balaban J connectivity index is 1.62. The Hall–Kier alpha value is -3.75. The number of carbonyl (C=O) groups is 2. The van der Waals surface area contributed by atoms with Gasteiger partial charge in [0.1, 0.15) is 0 Å². The van der Waals surface area contributed by atoms with Crippen LogP contribution in [0.25, 0.3) is 10.9 Å². The van der Waals surface area contributed by atoms with E-state index in [2.05, 4.69) is 15.5 Å². The van der Waals surface area contributed by atoms with Crippen molar-refractivity contribution in [2.45, 2.75) is 19.3 Å². The van der Waals surface area contributed by atoms with Crippen molar-refractivity contribution in [3.63, 3.8) is 0 Å². The smallest absolute Gasteiger partial charge is 0.276 e. The number of carbonyl (C=O) groups excluding carboxylic acids is 2. The Labute approximate surface area is 165 Å². The number of fused-ring (bicyclic) bond motifs is 1. The fourth-order valence-corrected chi connectivity index (χ4v) is 3.52. The average Bonchev–Trinajstić information content (AvgIpc) is 3.17. The minimum atomic E-state index is -0.546. The maximum atomic E-state index is 12.9. The van der Waals surface area contributed by atoms with Crippen molar-refractivity contribution in [3.8, 4) is 0 Å². The van der Waals surface area contributed by atoms with Crippen LogP contribution < -0.4 is 5.32 Å². The summed E-state index contributed by atoms with van der Waals surface area (Å²) in [5, 5.41) is 20.8. The number of amides is 2. The minimum absolute atomic E-state index is 0.0314. The number of piperidine rings is 1. The van der Waals surface area contributed by atoms with Crippen LogP contribution >= 0.6 is 0 Å². The van der Waals surface area contributed by atoms with Crippen LogP contribution in [-0.4, -0.2) is 44.9 Å². The molecule has 148 valence electrons. The number of H-pyrrole nitrogens is 1. The normalized spacial score (nSPS) is 14.0. The molecular weight excluding hydrogens is 374 g/mol.